The number of nitrogens with two attached hydrogens (primary N) is 1. The van der Waals surface area contributed by atoms with Crippen LogP contribution in [0.5, 0.6) is 0 Å². The Balaban J connectivity index is 0.00000312. The van der Waals surface area contributed by atoms with Crippen LogP contribution in [0.4, 0.5) is 0 Å². The molecule has 1 amide bonds. The molecule has 2 atom stereocenters. The summed E-state index contributed by atoms with van der Waals surface area (Å²) >= 11 is 0. The standard InChI is InChI=1S/C18H26N4O2.2ClH/c1-12-9-13(2)22(21-12)16-7-5-15(6-8-16)14(3)20-18(23)10-17(11-19)24-4;;/h5-9,14,17H,10-11,19H2,1-4H3,(H,20,23);2*1H. The highest BCUT2D eigenvalue weighted by Crippen LogP contribution is 2.17. The molecule has 2 rings (SSSR count). The van der Waals surface area contributed by atoms with Gasteiger partial charge in [0, 0.05) is 19.3 Å². The maximum absolute atomic E-state index is 12.0. The number of amides is 1. The zero-order chi connectivity index (χ0) is 17.7. The van der Waals surface area contributed by atoms with Crippen molar-refractivity contribution in [3.05, 3.63) is 47.3 Å². The van der Waals surface area contributed by atoms with Crippen molar-refractivity contribution in [1.82, 2.24) is 15.1 Å². The van der Waals surface area contributed by atoms with Gasteiger partial charge >= 0.3 is 0 Å². The molecule has 0 saturated carbocycles. The summed E-state index contributed by atoms with van der Waals surface area (Å²) in [6, 6.07) is 9.99. The van der Waals surface area contributed by atoms with Crippen LogP contribution in [0.25, 0.3) is 5.69 Å². The van der Waals surface area contributed by atoms with Gasteiger partial charge in [-0.3, -0.25) is 4.79 Å². The number of carbonyl (C=O) groups excluding carboxylic acids is 1. The van der Waals surface area contributed by atoms with Gasteiger partial charge in [-0.1, -0.05) is 12.1 Å². The third-order valence-corrected chi connectivity index (χ3v) is 4.03. The minimum atomic E-state index is -0.245. The Hall–Kier alpha value is -1.60. The van der Waals surface area contributed by atoms with E-state index >= 15 is 0 Å². The van der Waals surface area contributed by atoms with Crippen LogP contribution in [-0.2, 0) is 9.53 Å². The number of carbonyl (C=O) groups is 1. The molecule has 1 aromatic heterocycles. The van der Waals surface area contributed by atoms with E-state index in [1.165, 1.54) is 0 Å². The Morgan fingerprint density at radius 1 is 1.27 bits per heavy atom. The maximum Gasteiger partial charge on any atom is 0.223 e. The zero-order valence-electron chi connectivity index (χ0n) is 15.6. The Morgan fingerprint density at radius 3 is 2.35 bits per heavy atom. The topological polar surface area (TPSA) is 82.2 Å². The van der Waals surface area contributed by atoms with Crippen LogP contribution in [0.1, 0.15) is 36.3 Å². The van der Waals surface area contributed by atoms with Gasteiger partial charge in [-0.25, -0.2) is 4.68 Å². The van der Waals surface area contributed by atoms with E-state index < -0.39 is 0 Å². The molecule has 0 aliphatic rings. The molecule has 1 aromatic carbocycles. The third kappa shape index (κ3) is 6.29. The van der Waals surface area contributed by atoms with E-state index in [9.17, 15) is 4.79 Å². The average Bonchev–Trinajstić information content (AvgIpc) is 2.91. The molecule has 26 heavy (non-hydrogen) atoms. The highest BCUT2D eigenvalue weighted by atomic mass is 35.5. The molecule has 0 fully saturated rings. The number of halogens is 2. The lowest BCUT2D eigenvalue weighted by Crippen LogP contribution is -2.33. The number of aromatic nitrogens is 2. The van der Waals surface area contributed by atoms with Crippen molar-refractivity contribution >= 4 is 30.7 Å². The van der Waals surface area contributed by atoms with Crippen molar-refractivity contribution in [3.63, 3.8) is 0 Å². The second-order valence-electron chi connectivity index (χ2n) is 6.02. The van der Waals surface area contributed by atoms with Gasteiger partial charge in [-0.15, -0.1) is 24.8 Å². The highest BCUT2D eigenvalue weighted by molar-refractivity contribution is 5.85. The Labute approximate surface area is 167 Å². The van der Waals surface area contributed by atoms with E-state index in [4.69, 9.17) is 10.5 Å². The molecule has 0 aliphatic heterocycles. The first-order chi connectivity index (χ1) is 11.4. The predicted molar refractivity (Wildman–Crippen MR) is 109 cm³/mol. The Morgan fingerprint density at radius 2 is 1.88 bits per heavy atom. The van der Waals surface area contributed by atoms with Crippen molar-refractivity contribution in [2.45, 2.75) is 39.3 Å². The molecule has 3 N–H and O–H groups in total. The minimum absolute atomic E-state index is 0. The molecule has 2 unspecified atom stereocenters. The number of aryl methyl sites for hydroxylation is 2. The first-order valence-corrected chi connectivity index (χ1v) is 8.10. The molecule has 0 spiro atoms. The summed E-state index contributed by atoms with van der Waals surface area (Å²) in [6.45, 7) is 6.29. The van der Waals surface area contributed by atoms with Crippen molar-refractivity contribution < 1.29 is 9.53 Å². The monoisotopic (exact) mass is 402 g/mol. The summed E-state index contributed by atoms with van der Waals surface area (Å²) in [5.74, 6) is -0.0672. The number of benzene rings is 1. The maximum atomic E-state index is 12.0. The van der Waals surface area contributed by atoms with Crippen LogP contribution in [0.3, 0.4) is 0 Å². The van der Waals surface area contributed by atoms with Gasteiger partial charge in [-0.2, -0.15) is 5.10 Å². The lowest BCUT2D eigenvalue weighted by Gasteiger charge is -2.17. The first-order valence-electron chi connectivity index (χ1n) is 8.10. The molecule has 0 radical (unpaired) electrons. The van der Waals surface area contributed by atoms with Crippen LogP contribution in [0.15, 0.2) is 30.3 Å². The van der Waals surface area contributed by atoms with Crippen molar-refractivity contribution in [2.24, 2.45) is 5.73 Å². The summed E-state index contributed by atoms with van der Waals surface area (Å²) in [4.78, 5) is 12.0. The van der Waals surface area contributed by atoms with E-state index in [1.807, 2.05) is 55.8 Å². The van der Waals surface area contributed by atoms with E-state index in [0.717, 1.165) is 22.6 Å². The molecule has 0 saturated heterocycles. The number of nitrogens with zero attached hydrogens (tertiary/aromatic N) is 2. The average molecular weight is 403 g/mol. The van der Waals surface area contributed by atoms with Crippen LogP contribution < -0.4 is 11.1 Å². The van der Waals surface area contributed by atoms with Crippen LogP contribution in [0.2, 0.25) is 0 Å². The number of hydrogen-bond acceptors (Lipinski definition) is 4. The molecule has 146 valence electrons. The van der Waals surface area contributed by atoms with Gasteiger partial charge in [0.1, 0.15) is 0 Å². The number of nitrogens with one attached hydrogen (secondary N) is 1. The summed E-state index contributed by atoms with van der Waals surface area (Å²) in [5, 5.41) is 7.45. The third-order valence-electron chi connectivity index (χ3n) is 4.03. The molecular formula is C18H28Cl2N4O2. The molecule has 8 heteroatoms. The van der Waals surface area contributed by atoms with Gasteiger partial charge in [0.05, 0.1) is 29.9 Å². The number of rotatable bonds is 7. The highest BCUT2D eigenvalue weighted by Gasteiger charge is 2.14. The molecule has 1 heterocycles. The molecule has 0 bridgehead atoms. The summed E-state index contributed by atoms with van der Waals surface area (Å²) < 4.78 is 7.05. The van der Waals surface area contributed by atoms with Crippen LogP contribution in [-0.4, -0.2) is 35.4 Å². The fourth-order valence-electron chi connectivity index (χ4n) is 2.65. The molecule has 0 aliphatic carbocycles. The van der Waals surface area contributed by atoms with Gasteiger partial charge in [0.25, 0.3) is 0 Å². The Bertz CT molecular complexity index is 685. The lowest BCUT2D eigenvalue weighted by molar-refractivity contribution is -0.124. The minimum Gasteiger partial charge on any atom is -0.380 e. The van der Waals surface area contributed by atoms with E-state index in [2.05, 4.69) is 10.4 Å². The normalized spacial score (nSPS) is 12.5. The molecule has 6 nitrogen and oxygen atoms in total. The van der Waals surface area contributed by atoms with Crippen molar-refractivity contribution in [3.8, 4) is 5.69 Å². The van der Waals surface area contributed by atoms with E-state index in [-0.39, 0.29) is 49.3 Å². The first kappa shape index (κ1) is 24.4. The second kappa shape index (κ2) is 11.2. The Kier molecular flexibility index (Phi) is 10.5. The number of ether oxygens (including phenoxy) is 1. The largest absolute Gasteiger partial charge is 0.380 e. The predicted octanol–water partition coefficient (Wildman–Crippen LogP) is 2.87. The molecule has 2 aromatic rings. The van der Waals surface area contributed by atoms with Gasteiger partial charge in [0.15, 0.2) is 0 Å². The SMILES string of the molecule is COC(CN)CC(=O)NC(C)c1ccc(-n2nc(C)cc2C)cc1.Cl.Cl. The number of methoxy groups -OCH3 is 1. The quantitative estimate of drug-likeness (QED) is 0.745. The van der Waals surface area contributed by atoms with E-state index in [1.54, 1.807) is 7.11 Å². The summed E-state index contributed by atoms with van der Waals surface area (Å²) in [6.07, 6.45) is 0.0203. The fraction of sp³-hybridized carbons (Fsp3) is 0.444. The van der Waals surface area contributed by atoms with E-state index in [0.29, 0.717) is 6.54 Å². The van der Waals surface area contributed by atoms with Crippen LogP contribution in [0, 0.1) is 13.8 Å². The fourth-order valence-corrected chi connectivity index (χ4v) is 2.65. The number of hydrogen-bond donors (Lipinski definition) is 2. The lowest BCUT2D eigenvalue weighted by atomic mass is 10.1. The second-order valence-corrected chi connectivity index (χ2v) is 6.02. The van der Waals surface area contributed by atoms with Gasteiger partial charge in [-0.05, 0) is 44.5 Å². The zero-order valence-corrected chi connectivity index (χ0v) is 17.2. The smallest absolute Gasteiger partial charge is 0.223 e. The van der Waals surface area contributed by atoms with Crippen molar-refractivity contribution in [1.29, 1.82) is 0 Å². The van der Waals surface area contributed by atoms with Gasteiger partial charge < -0.3 is 15.8 Å². The van der Waals surface area contributed by atoms with Crippen molar-refractivity contribution in [2.75, 3.05) is 13.7 Å². The summed E-state index contributed by atoms with van der Waals surface area (Å²) in [7, 11) is 1.56. The van der Waals surface area contributed by atoms with Gasteiger partial charge in [0.2, 0.25) is 5.91 Å². The van der Waals surface area contributed by atoms with Crippen LogP contribution >= 0.6 is 24.8 Å². The molecular weight excluding hydrogens is 375 g/mol. The summed E-state index contributed by atoms with van der Waals surface area (Å²) in [5.41, 5.74) is 9.67.